The van der Waals surface area contributed by atoms with Gasteiger partial charge in [0.15, 0.2) is 0 Å². The van der Waals surface area contributed by atoms with Gasteiger partial charge in [0.05, 0.1) is 11.9 Å². The van der Waals surface area contributed by atoms with Crippen molar-refractivity contribution in [2.75, 3.05) is 6.54 Å². The number of aryl methyl sites for hydroxylation is 2. The molecule has 3 heterocycles. The van der Waals surface area contributed by atoms with Crippen molar-refractivity contribution in [2.24, 2.45) is 0 Å². The van der Waals surface area contributed by atoms with E-state index in [1.807, 2.05) is 20.0 Å². The largest absolute Gasteiger partial charge is 0.466 e. The maximum atomic E-state index is 5.55. The van der Waals surface area contributed by atoms with Gasteiger partial charge in [-0.2, -0.15) is 0 Å². The second kappa shape index (κ2) is 4.61. The summed E-state index contributed by atoms with van der Waals surface area (Å²) < 4.78 is 5.55. The van der Waals surface area contributed by atoms with Crippen LogP contribution in [0.4, 0.5) is 0 Å². The van der Waals surface area contributed by atoms with Crippen LogP contribution in [0.5, 0.6) is 0 Å². The number of aromatic nitrogens is 2. The highest BCUT2D eigenvalue weighted by Gasteiger charge is 2.17. The standard InChI is InChI=1S/C14H19N3O/c1-9-6-12(10(2)18-9)13-8-16-14(17-13)7-11-4-3-5-15-11/h6,8,11,15H,3-5,7H2,1-2H3,(H,16,17). The third-order valence-corrected chi connectivity index (χ3v) is 3.56. The third-order valence-electron chi connectivity index (χ3n) is 3.56. The highest BCUT2D eigenvalue weighted by molar-refractivity contribution is 5.61. The smallest absolute Gasteiger partial charge is 0.110 e. The number of hydrogen-bond donors (Lipinski definition) is 2. The van der Waals surface area contributed by atoms with Gasteiger partial charge in [-0.3, -0.25) is 0 Å². The van der Waals surface area contributed by atoms with Crippen LogP contribution >= 0.6 is 0 Å². The number of furan rings is 1. The topological polar surface area (TPSA) is 53.9 Å². The first-order valence-corrected chi connectivity index (χ1v) is 6.57. The van der Waals surface area contributed by atoms with Gasteiger partial charge in [0.1, 0.15) is 17.3 Å². The van der Waals surface area contributed by atoms with Gasteiger partial charge in [-0.25, -0.2) is 4.98 Å². The van der Waals surface area contributed by atoms with Crippen molar-refractivity contribution in [3.8, 4) is 11.3 Å². The molecule has 4 nitrogen and oxygen atoms in total. The average Bonchev–Trinajstić information content (AvgIpc) is 3.01. The van der Waals surface area contributed by atoms with E-state index in [-0.39, 0.29) is 0 Å². The maximum Gasteiger partial charge on any atom is 0.110 e. The Morgan fingerprint density at radius 3 is 3.00 bits per heavy atom. The molecule has 1 aliphatic rings. The van der Waals surface area contributed by atoms with E-state index in [0.717, 1.165) is 41.6 Å². The van der Waals surface area contributed by atoms with E-state index in [0.29, 0.717) is 6.04 Å². The molecule has 2 N–H and O–H groups in total. The first-order valence-electron chi connectivity index (χ1n) is 6.57. The van der Waals surface area contributed by atoms with E-state index in [2.05, 4.69) is 21.4 Å². The van der Waals surface area contributed by atoms with Gasteiger partial charge >= 0.3 is 0 Å². The zero-order chi connectivity index (χ0) is 12.5. The van der Waals surface area contributed by atoms with E-state index in [1.165, 1.54) is 12.8 Å². The summed E-state index contributed by atoms with van der Waals surface area (Å²) in [6, 6.07) is 2.64. The summed E-state index contributed by atoms with van der Waals surface area (Å²) in [5.41, 5.74) is 2.17. The van der Waals surface area contributed by atoms with Crippen molar-refractivity contribution in [3.05, 3.63) is 29.6 Å². The molecule has 2 aromatic rings. The lowest BCUT2D eigenvalue weighted by atomic mass is 10.1. The van der Waals surface area contributed by atoms with Crippen LogP contribution in [-0.2, 0) is 6.42 Å². The fraction of sp³-hybridized carbons (Fsp3) is 0.500. The van der Waals surface area contributed by atoms with Crippen LogP contribution in [0.15, 0.2) is 16.7 Å². The molecule has 3 rings (SSSR count). The molecule has 0 aromatic carbocycles. The Bertz CT molecular complexity index is 535. The number of imidazole rings is 1. The summed E-state index contributed by atoms with van der Waals surface area (Å²) in [7, 11) is 0. The Balaban J connectivity index is 1.78. The predicted molar refractivity (Wildman–Crippen MR) is 70.5 cm³/mol. The fourth-order valence-electron chi connectivity index (χ4n) is 2.67. The molecule has 0 amide bonds. The van der Waals surface area contributed by atoms with Gasteiger partial charge < -0.3 is 14.7 Å². The predicted octanol–water partition coefficient (Wildman–Crippen LogP) is 2.58. The van der Waals surface area contributed by atoms with Crippen molar-refractivity contribution >= 4 is 0 Å². The van der Waals surface area contributed by atoms with Gasteiger partial charge in [-0.05, 0) is 39.3 Å². The lowest BCUT2D eigenvalue weighted by Gasteiger charge is -2.06. The Hall–Kier alpha value is -1.55. The molecular formula is C14H19N3O. The molecule has 18 heavy (non-hydrogen) atoms. The molecule has 0 spiro atoms. The Morgan fingerprint density at radius 1 is 1.44 bits per heavy atom. The van der Waals surface area contributed by atoms with Crippen LogP contribution in [0.3, 0.4) is 0 Å². The van der Waals surface area contributed by atoms with Crippen molar-refractivity contribution in [1.29, 1.82) is 0 Å². The number of nitrogens with zero attached hydrogens (tertiary/aromatic N) is 1. The minimum atomic E-state index is 0.580. The molecule has 0 radical (unpaired) electrons. The molecule has 0 bridgehead atoms. The van der Waals surface area contributed by atoms with Crippen LogP contribution in [0, 0.1) is 13.8 Å². The first-order chi connectivity index (χ1) is 8.72. The number of hydrogen-bond acceptors (Lipinski definition) is 3. The SMILES string of the molecule is Cc1cc(-c2cnc(CC3CCCN3)[nH]2)c(C)o1. The van der Waals surface area contributed by atoms with Crippen LogP contribution in [0.1, 0.15) is 30.2 Å². The summed E-state index contributed by atoms with van der Waals surface area (Å²) in [6.07, 6.45) is 5.41. The summed E-state index contributed by atoms with van der Waals surface area (Å²) in [6.45, 7) is 5.09. The maximum absolute atomic E-state index is 5.55. The van der Waals surface area contributed by atoms with E-state index >= 15 is 0 Å². The van der Waals surface area contributed by atoms with Crippen molar-refractivity contribution in [1.82, 2.24) is 15.3 Å². The second-order valence-corrected chi connectivity index (χ2v) is 5.07. The minimum absolute atomic E-state index is 0.580. The van der Waals surface area contributed by atoms with Crippen LogP contribution < -0.4 is 5.32 Å². The molecule has 0 saturated carbocycles. The van der Waals surface area contributed by atoms with Crippen LogP contribution in [0.2, 0.25) is 0 Å². The Kier molecular flexibility index (Phi) is 2.96. The van der Waals surface area contributed by atoms with Crippen molar-refractivity contribution in [3.63, 3.8) is 0 Å². The Labute approximate surface area is 107 Å². The molecule has 96 valence electrons. The average molecular weight is 245 g/mol. The molecule has 4 heteroatoms. The zero-order valence-corrected chi connectivity index (χ0v) is 10.9. The number of H-pyrrole nitrogens is 1. The number of nitrogens with one attached hydrogen (secondary N) is 2. The first kappa shape index (κ1) is 11.5. The number of aromatic amines is 1. The zero-order valence-electron chi connectivity index (χ0n) is 10.9. The molecule has 2 aromatic heterocycles. The number of rotatable bonds is 3. The van der Waals surface area contributed by atoms with E-state index in [1.54, 1.807) is 0 Å². The summed E-state index contributed by atoms with van der Waals surface area (Å²) in [5.74, 6) is 2.94. The van der Waals surface area contributed by atoms with Gasteiger partial charge in [0, 0.05) is 18.0 Å². The lowest BCUT2D eigenvalue weighted by Crippen LogP contribution is -2.24. The summed E-state index contributed by atoms with van der Waals surface area (Å²) >= 11 is 0. The monoisotopic (exact) mass is 245 g/mol. The fourth-order valence-corrected chi connectivity index (χ4v) is 2.67. The minimum Gasteiger partial charge on any atom is -0.466 e. The molecule has 1 saturated heterocycles. The highest BCUT2D eigenvalue weighted by Crippen LogP contribution is 2.25. The molecule has 1 aliphatic heterocycles. The molecular weight excluding hydrogens is 226 g/mol. The summed E-state index contributed by atoms with van der Waals surface area (Å²) in [5, 5.41) is 3.49. The Morgan fingerprint density at radius 2 is 2.33 bits per heavy atom. The highest BCUT2D eigenvalue weighted by atomic mass is 16.3. The van der Waals surface area contributed by atoms with Crippen molar-refractivity contribution < 1.29 is 4.42 Å². The molecule has 1 unspecified atom stereocenters. The molecule has 1 atom stereocenters. The molecule has 0 aliphatic carbocycles. The van der Waals surface area contributed by atoms with Crippen LogP contribution in [0.25, 0.3) is 11.3 Å². The second-order valence-electron chi connectivity index (χ2n) is 5.07. The lowest BCUT2D eigenvalue weighted by molar-refractivity contribution is 0.505. The van der Waals surface area contributed by atoms with Gasteiger partial charge in [-0.15, -0.1) is 0 Å². The van der Waals surface area contributed by atoms with Gasteiger partial charge in [-0.1, -0.05) is 0 Å². The normalized spacial score (nSPS) is 19.6. The van der Waals surface area contributed by atoms with Crippen molar-refractivity contribution in [2.45, 2.75) is 39.2 Å². The van der Waals surface area contributed by atoms with Gasteiger partial charge in [0.25, 0.3) is 0 Å². The van der Waals surface area contributed by atoms with E-state index in [4.69, 9.17) is 4.42 Å². The van der Waals surface area contributed by atoms with Gasteiger partial charge in [0.2, 0.25) is 0 Å². The molecule has 1 fully saturated rings. The third kappa shape index (κ3) is 2.20. The van der Waals surface area contributed by atoms with E-state index < -0.39 is 0 Å². The van der Waals surface area contributed by atoms with E-state index in [9.17, 15) is 0 Å². The summed E-state index contributed by atoms with van der Waals surface area (Å²) in [4.78, 5) is 7.87. The quantitative estimate of drug-likeness (QED) is 0.874. The van der Waals surface area contributed by atoms with Crippen LogP contribution in [-0.4, -0.2) is 22.6 Å².